The summed E-state index contributed by atoms with van der Waals surface area (Å²) in [6.45, 7) is 0.568. The smallest absolute Gasteiger partial charge is 0.245 e. The summed E-state index contributed by atoms with van der Waals surface area (Å²) in [4.78, 5) is 0.196. The summed E-state index contributed by atoms with van der Waals surface area (Å²) in [5.74, 6) is 2.49. The zero-order valence-corrected chi connectivity index (χ0v) is 14.1. The van der Waals surface area contributed by atoms with Gasteiger partial charge in [0.25, 0.3) is 0 Å². The second-order valence-corrected chi connectivity index (χ2v) is 8.74. The molecule has 8 heteroatoms. The van der Waals surface area contributed by atoms with E-state index in [4.69, 9.17) is 4.42 Å². The van der Waals surface area contributed by atoms with Crippen molar-refractivity contribution in [3.63, 3.8) is 0 Å². The molecule has 2 aliphatic rings. The number of hydrogen-bond acceptors (Lipinski definition) is 5. The maximum atomic E-state index is 12.3. The van der Waals surface area contributed by atoms with Crippen LogP contribution in [-0.4, -0.2) is 32.0 Å². The predicted molar refractivity (Wildman–Crippen MR) is 82.3 cm³/mol. The highest BCUT2D eigenvalue weighted by Gasteiger charge is 2.28. The second kappa shape index (κ2) is 6.00. The van der Waals surface area contributed by atoms with Gasteiger partial charge in [0.15, 0.2) is 4.67 Å². The lowest BCUT2D eigenvalue weighted by Crippen LogP contribution is -2.34. The molecule has 1 unspecified atom stereocenters. The minimum atomic E-state index is -3.51. The lowest BCUT2D eigenvalue weighted by molar-refractivity contribution is 0.459. The maximum absolute atomic E-state index is 12.3. The van der Waals surface area contributed by atoms with Crippen LogP contribution in [0, 0.1) is 0 Å². The molecule has 2 N–H and O–H groups in total. The Labute approximate surface area is 131 Å². The highest BCUT2D eigenvalue weighted by atomic mass is 79.9. The normalized spacial score (nSPS) is 23.4. The van der Waals surface area contributed by atoms with Crippen molar-refractivity contribution in [1.29, 1.82) is 0 Å². The van der Waals surface area contributed by atoms with E-state index in [0.29, 0.717) is 18.3 Å². The van der Waals surface area contributed by atoms with Crippen LogP contribution < -0.4 is 10.0 Å². The Morgan fingerprint density at radius 3 is 2.80 bits per heavy atom. The minimum absolute atomic E-state index is 0.0276. The van der Waals surface area contributed by atoms with E-state index < -0.39 is 10.0 Å². The molecule has 2 fully saturated rings. The van der Waals surface area contributed by atoms with Crippen molar-refractivity contribution >= 4 is 37.7 Å². The average molecular weight is 381 g/mol. The summed E-state index contributed by atoms with van der Waals surface area (Å²) in [5.41, 5.74) is 0. The van der Waals surface area contributed by atoms with Crippen molar-refractivity contribution in [3.05, 3.63) is 16.5 Å². The standard InChI is InChI=1S/C12H17BrN2O3S2/c13-12-11(5-10(18-12)6-14-8-1-2-8)20(16,17)15-9-3-4-19-7-9/h5,8-9,14-15H,1-4,6-7H2. The molecule has 3 rings (SSSR count). The van der Waals surface area contributed by atoms with Gasteiger partial charge >= 0.3 is 0 Å². The lowest BCUT2D eigenvalue weighted by atomic mass is 10.3. The first-order chi connectivity index (χ1) is 9.54. The van der Waals surface area contributed by atoms with Crippen molar-refractivity contribution in [3.8, 4) is 0 Å². The number of rotatable bonds is 6. The SMILES string of the molecule is O=S(=O)(NC1CCSC1)c1cc(CNC2CC2)oc1Br. The molecule has 1 saturated heterocycles. The number of furan rings is 1. The molecule has 1 atom stereocenters. The van der Waals surface area contributed by atoms with Gasteiger partial charge in [0.2, 0.25) is 10.0 Å². The summed E-state index contributed by atoms with van der Waals surface area (Å²) >= 11 is 4.98. The second-order valence-electron chi connectivity index (χ2n) is 5.19. The molecular formula is C12H17BrN2O3S2. The number of nitrogens with one attached hydrogen (secondary N) is 2. The highest BCUT2D eigenvalue weighted by Crippen LogP contribution is 2.28. The zero-order valence-electron chi connectivity index (χ0n) is 10.9. The Kier molecular flexibility index (Phi) is 4.47. The van der Waals surface area contributed by atoms with Gasteiger partial charge in [-0.2, -0.15) is 11.8 Å². The maximum Gasteiger partial charge on any atom is 0.245 e. The number of halogens is 1. The summed E-state index contributed by atoms with van der Waals surface area (Å²) in [5, 5.41) is 3.30. The molecule has 0 amide bonds. The fourth-order valence-corrected chi connectivity index (χ4v) is 5.64. The van der Waals surface area contributed by atoms with Crippen molar-refractivity contribution in [2.75, 3.05) is 11.5 Å². The molecular weight excluding hydrogens is 364 g/mol. The first-order valence-corrected chi connectivity index (χ1v) is 10.1. The summed E-state index contributed by atoms with van der Waals surface area (Å²) in [6, 6.07) is 2.19. The van der Waals surface area contributed by atoms with Gasteiger partial charge in [-0.25, -0.2) is 13.1 Å². The first kappa shape index (κ1) is 14.9. The summed E-state index contributed by atoms with van der Waals surface area (Å²) in [7, 11) is -3.51. The Balaban J connectivity index is 1.70. The van der Waals surface area contributed by atoms with Crippen LogP contribution in [0.1, 0.15) is 25.0 Å². The molecule has 5 nitrogen and oxygen atoms in total. The Morgan fingerprint density at radius 2 is 2.15 bits per heavy atom. The Hall–Kier alpha value is -0.0200. The predicted octanol–water partition coefficient (Wildman–Crippen LogP) is 2.08. The molecule has 0 spiro atoms. The molecule has 20 heavy (non-hydrogen) atoms. The van der Waals surface area contributed by atoms with E-state index in [1.807, 2.05) is 0 Å². The van der Waals surface area contributed by atoms with Gasteiger partial charge in [-0.3, -0.25) is 0 Å². The van der Waals surface area contributed by atoms with Crippen molar-refractivity contribution in [1.82, 2.24) is 10.0 Å². The van der Waals surface area contributed by atoms with E-state index in [0.717, 1.165) is 17.9 Å². The summed E-state index contributed by atoms with van der Waals surface area (Å²) < 4.78 is 33.2. The molecule has 0 aromatic carbocycles. The third-order valence-corrected chi connectivity index (χ3v) is 6.93. The fourth-order valence-electron chi connectivity index (χ4n) is 2.11. The Bertz CT molecular complexity index is 578. The zero-order chi connectivity index (χ0) is 14.2. The molecule has 112 valence electrons. The van der Waals surface area contributed by atoms with Crippen LogP contribution >= 0.6 is 27.7 Å². The van der Waals surface area contributed by atoms with E-state index in [1.165, 1.54) is 12.8 Å². The van der Waals surface area contributed by atoms with Gasteiger partial charge in [0.05, 0.1) is 6.54 Å². The lowest BCUT2D eigenvalue weighted by Gasteiger charge is -2.10. The van der Waals surface area contributed by atoms with E-state index in [-0.39, 0.29) is 15.6 Å². The average Bonchev–Trinajstić information content (AvgIpc) is 2.93. The van der Waals surface area contributed by atoms with Crippen LogP contribution in [0.15, 0.2) is 20.0 Å². The van der Waals surface area contributed by atoms with Crippen LogP contribution in [0.2, 0.25) is 0 Å². The molecule has 1 aliphatic carbocycles. The molecule has 0 bridgehead atoms. The fraction of sp³-hybridized carbons (Fsp3) is 0.667. The van der Waals surface area contributed by atoms with Crippen LogP contribution in [0.4, 0.5) is 0 Å². The minimum Gasteiger partial charge on any atom is -0.452 e. The largest absolute Gasteiger partial charge is 0.452 e. The third-order valence-electron chi connectivity index (χ3n) is 3.39. The number of hydrogen-bond donors (Lipinski definition) is 2. The van der Waals surface area contributed by atoms with Gasteiger partial charge < -0.3 is 9.73 Å². The molecule has 2 heterocycles. The van der Waals surface area contributed by atoms with Crippen LogP contribution in [0.25, 0.3) is 0 Å². The van der Waals surface area contributed by atoms with Gasteiger partial charge in [-0.15, -0.1) is 0 Å². The van der Waals surface area contributed by atoms with Gasteiger partial charge in [0.1, 0.15) is 10.7 Å². The molecule has 1 aliphatic heterocycles. The van der Waals surface area contributed by atoms with Gasteiger partial charge in [-0.05, 0) is 40.9 Å². The molecule has 0 radical (unpaired) electrons. The highest BCUT2D eigenvalue weighted by molar-refractivity contribution is 9.10. The van der Waals surface area contributed by atoms with Crippen LogP contribution in [0.5, 0.6) is 0 Å². The van der Waals surface area contributed by atoms with Crippen molar-refractivity contribution in [2.24, 2.45) is 0 Å². The van der Waals surface area contributed by atoms with E-state index in [9.17, 15) is 8.42 Å². The van der Waals surface area contributed by atoms with E-state index in [2.05, 4.69) is 26.0 Å². The van der Waals surface area contributed by atoms with Crippen LogP contribution in [0.3, 0.4) is 0 Å². The van der Waals surface area contributed by atoms with Crippen LogP contribution in [-0.2, 0) is 16.6 Å². The van der Waals surface area contributed by atoms with Crippen molar-refractivity contribution < 1.29 is 12.8 Å². The monoisotopic (exact) mass is 380 g/mol. The van der Waals surface area contributed by atoms with Gasteiger partial charge in [-0.1, -0.05) is 0 Å². The number of thioether (sulfide) groups is 1. The van der Waals surface area contributed by atoms with Gasteiger partial charge in [0, 0.05) is 23.9 Å². The quantitative estimate of drug-likeness (QED) is 0.790. The van der Waals surface area contributed by atoms with E-state index >= 15 is 0 Å². The number of sulfonamides is 1. The summed E-state index contributed by atoms with van der Waals surface area (Å²) in [6.07, 6.45) is 3.26. The molecule has 1 saturated carbocycles. The topological polar surface area (TPSA) is 71.3 Å². The first-order valence-electron chi connectivity index (χ1n) is 6.66. The Morgan fingerprint density at radius 1 is 1.35 bits per heavy atom. The van der Waals surface area contributed by atoms with Crippen molar-refractivity contribution in [2.45, 2.75) is 42.8 Å². The molecule has 1 aromatic heterocycles. The van der Waals surface area contributed by atoms with E-state index in [1.54, 1.807) is 17.8 Å². The third kappa shape index (κ3) is 3.59. The molecule has 1 aromatic rings.